The first-order chi connectivity index (χ1) is 14.5. The molecule has 2 N–H and O–H groups in total. The molecule has 4 heterocycles. The van der Waals surface area contributed by atoms with Crippen LogP contribution in [0.3, 0.4) is 0 Å². The molecule has 0 saturated carbocycles. The smallest absolute Gasteiger partial charge is 0.347 e. The van der Waals surface area contributed by atoms with Gasteiger partial charge in [0.05, 0.1) is 4.88 Å². The summed E-state index contributed by atoms with van der Waals surface area (Å²) in [7, 11) is -5.50. The first kappa shape index (κ1) is 22.1. The van der Waals surface area contributed by atoms with E-state index in [0.29, 0.717) is 21.2 Å². The number of anilines is 1. The fourth-order valence-electron chi connectivity index (χ4n) is 4.33. The van der Waals surface area contributed by atoms with Crippen molar-refractivity contribution in [3.05, 3.63) is 41.3 Å². The van der Waals surface area contributed by atoms with Crippen molar-refractivity contribution in [1.82, 2.24) is 10.2 Å². The maximum absolute atomic E-state index is 12.8. The molecule has 3 aliphatic rings. The third kappa shape index (κ3) is 4.44. The predicted octanol–water partition coefficient (Wildman–Crippen LogP) is 3.89. The minimum atomic E-state index is -5.50. The molecule has 2 bridgehead atoms. The van der Waals surface area contributed by atoms with Crippen molar-refractivity contribution in [3.63, 3.8) is 0 Å². The Morgan fingerprint density at radius 1 is 1.16 bits per heavy atom. The van der Waals surface area contributed by atoms with E-state index in [1.165, 1.54) is 29.5 Å². The number of halogens is 3. The summed E-state index contributed by atoms with van der Waals surface area (Å²) >= 11 is 1.21. The summed E-state index contributed by atoms with van der Waals surface area (Å²) in [5, 5.41) is 3.15. The molecule has 1 amide bonds. The Morgan fingerprint density at radius 3 is 2.52 bits per heavy atom. The molecule has 3 fully saturated rings. The monoisotopic (exact) mass is 473 g/mol. The van der Waals surface area contributed by atoms with Crippen LogP contribution in [0.15, 0.2) is 36.4 Å². The van der Waals surface area contributed by atoms with Gasteiger partial charge in [0.1, 0.15) is 0 Å². The average Bonchev–Trinajstić information content (AvgIpc) is 3.20. The first-order valence-electron chi connectivity index (χ1n) is 9.89. The molecule has 0 aliphatic carbocycles. The Labute approximate surface area is 182 Å². The van der Waals surface area contributed by atoms with Gasteiger partial charge in [0.2, 0.25) is 0 Å². The lowest BCUT2D eigenvalue weighted by molar-refractivity contribution is -0.0429. The molecule has 11 heteroatoms. The molecule has 3 saturated heterocycles. The second kappa shape index (κ2) is 8.10. The van der Waals surface area contributed by atoms with Crippen molar-refractivity contribution in [2.75, 3.05) is 17.8 Å². The average molecular weight is 474 g/mol. The lowest BCUT2D eigenvalue weighted by Gasteiger charge is -2.49. The van der Waals surface area contributed by atoms with E-state index in [0.717, 1.165) is 25.9 Å². The van der Waals surface area contributed by atoms with Gasteiger partial charge in [0, 0.05) is 22.6 Å². The molecule has 6 nitrogen and oxygen atoms in total. The van der Waals surface area contributed by atoms with Crippen LogP contribution in [0.5, 0.6) is 0 Å². The number of thiophene rings is 1. The van der Waals surface area contributed by atoms with Crippen molar-refractivity contribution in [2.45, 2.75) is 37.4 Å². The molecule has 1 aromatic heterocycles. The Hall–Kier alpha value is -2.11. The van der Waals surface area contributed by atoms with E-state index in [1.54, 1.807) is 22.9 Å². The summed E-state index contributed by atoms with van der Waals surface area (Å²) in [5.74, 6) is 0.303. The normalized spacial score (nSPS) is 25.9. The summed E-state index contributed by atoms with van der Waals surface area (Å²) in [6.45, 7) is 4.26. The molecule has 0 spiro atoms. The van der Waals surface area contributed by atoms with E-state index in [-0.39, 0.29) is 23.7 Å². The topological polar surface area (TPSA) is 78.5 Å². The number of carbonyl (C=O) groups is 1. The fourth-order valence-corrected chi connectivity index (χ4v) is 5.79. The van der Waals surface area contributed by atoms with Gasteiger partial charge in [-0.2, -0.15) is 21.6 Å². The molecular weight excluding hydrogens is 451 g/mol. The number of rotatable bonds is 5. The van der Waals surface area contributed by atoms with Crippen molar-refractivity contribution in [3.8, 4) is 10.4 Å². The van der Waals surface area contributed by atoms with E-state index in [2.05, 4.69) is 17.1 Å². The van der Waals surface area contributed by atoms with Gasteiger partial charge in [0.15, 0.2) is 0 Å². The maximum Gasteiger partial charge on any atom is 0.516 e. The number of benzene rings is 1. The zero-order valence-corrected chi connectivity index (χ0v) is 18.3. The number of nitrogens with zero attached hydrogens (tertiary/aromatic N) is 1. The van der Waals surface area contributed by atoms with Crippen LogP contribution in [0.4, 0.5) is 18.9 Å². The number of sulfonamides is 1. The van der Waals surface area contributed by atoms with Gasteiger partial charge in [-0.25, -0.2) is 0 Å². The maximum atomic E-state index is 12.8. The largest absolute Gasteiger partial charge is 0.516 e. The minimum absolute atomic E-state index is 0.0978. The third-order valence-corrected chi connectivity index (χ3v) is 8.26. The molecule has 168 valence electrons. The van der Waals surface area contributed by atoms with Gasteiger partial charge in [0.25, 0.3) is 5.91 Å². The van der Waals surface area contributed by atoms with Gasteiger partial charge in [-0.05, 0) is 68.6 Å². The molecular formula is C20H22F3N3O3S2. The molecule has 0 unspecified atom stereocenters. The van der Waals surface area contributed by atoms with E-state index >= 15 is 0 Å². The van der Waals surface area contributed by atoms with E-state index in [1.807, 2.05) is 0 Å². The highest BCUT2D eigenvalue weighted by Gasteiger charge is 2.46. The second-order valence-electron chi connectivity index (χ2n) is 7.91. The Kier molecular flexibility index (Phi) is 5.78. The summed E-state index contributed by atoms with van der Waals surface area (Å²) < 4.78 is 62.1. The Morgan fingerprint density at radius 2 is 1.87 bits per heavy atom. The summed E-state index contributed by atoms with van der Waals surface area (Å²) in [6, 6.07) is 9.42. The van der Waals surface area contributed by atoms with Crippen LogP contribution in [0, 0.1) is 5.92 Å². The van der Waals surface area contributed by atoms with Gasteiger partial charge in [-0.3, -0.25) is 14.4 Å². The van der Waals surface area contributed by atoms with Crippen LogP contribution >= 0.6 is 11.3 Å². The van der Waals surface area contributed by atoms with Crippen LogP contribution in [0.2, 0.25) is 0 Å². The van der Waals surface area contributed by atoms with Crippen molar-refractivity contribution in [1.29, 1.82) is 0 Å². The highest BCUT2D eigenvalue weighted by Crippen LogP contribution is 2.34. The molecule has 2 atom stereocenters. The number of nitrogens with one attached hydrogen (secondary N) is 2. The SMILES string of the molecule is C[C@@H]1[C@H](NC(=O)c2ccc(-c3cccc(NS(=O)(=O)C(F)(F)F)c3)s2)C2CCN1CC2. The Balaban J connectivity index is 1.48. The predicted molar refractivity (Wildman–Crippen MR) is 113 cm³/mol. The van der Waals surface area contributed by atoms with Crippen LogP contribution in [-0.2, 0) is 10.0 Å². The number of hydrogen-bond acceptors (Lipinski definition) is 5. The summed E-state index contributed by atoms with van der Waals surface area (Å²) in [6.07, 6.45) is 2.15. The van der Waals surface area contributed by atoms with E-state index < -0.39 is 15.5 Å². The minimum Gasteiger partial charge on any atom is -0.347 e. The zero-order valence-electron chi connectivity index (χ0n) is 16.6. The standard InChI is InChI=1S/C20H22F3N3O3S2/c1-12-18(13-7-9-26(12)10-8-13)24-19(27)17-6-5-16(30-17)14-3-2-4-15(11-14)25-31(28,29)20(21,22)23/h2-6,11-13,18,25H,7-10H2,1H3,(H,24,27)/t12-,18+/m1/s1. The van der Waals surface area contributed by atoms with Gasteiger partial charge in [-0.15, -0.1) is 11.3 Å². The number of carbonyl (C=O) groups excluding carboxylic acids is 1. The van der Waals surface area contributed by atoms with Gasteiger partial charge < -0.3 is 5.32 Å². The molecule has 0 radical (unpaired) electrons. The van der Waals surface area contributed by atoms with Crippen molar-refractivity contribution < 1.29 is 26.4 Å². The first-order valence-corrected chi connectivity index (χ1v) is 12.2. The van der Waals surface area contributed by atoms with Gasteiger partial charge in [-0.1, -0.05) is 12.1 Å². The number of hydrogen-bond donors (Lipinski definition) is 2. The van der Waals surface area contributed by atoms with Crippen LogP contribution in [0.1, 0.15) is 29.4 Å². The number of amides is 1. The van der Waals surface area contributed by atoms with Crippen LogP contribution in [-0.4, -0.2) is 49.9 Å². The third-order valence-electron chi connectivity index (χ3n) is 6.01. The van der Waals surface area contributed by atoms with Crippen molar-refractivity contribution in [2.24, 2.45) is 5.92 Å². The lowest BCUT2D eigenvalue weighted by atomic mass is 9.79. The fraction of sp³-hybridized carbons (Fsp3) is 0.450. The van der Waals surface area contributed by atoms with E-state index in [9.17, 15) is 26.4 Å². The number of piperidine rings is 3. The van der Waals surface area contributed by atoms with Crippen LogP contribution < -0.4 is 10.0 Å². The van der Waals surface area contributed by atoms with Gasteiger partial charge >= 0.3 is 15.5 Å². The highest BCUT2D eigenvalue weighted by molar-refractivity contribution is 7.93. The van der Waals surface area contributed by atoms with Crippen molar-refractivity contribution >= 4 is 33.0 Å². The summed E-state index contributed by atoms with van der Waals surface area (Å²) in [4.78, 5) is 16.3. The molecule has 5 rings (SSSR count). The summed E-state index contributed by atoms with van der Waals surface area (Å²) in [5.41, 5.74) is -5.08. The zero-order chi connectivity index (χ0) is 22.4. The number of alkyl halides is 3. The Bertz CT molecular complexity index is 1070. The molecule has 31 heavy (non-hydrogen) atoms. The van der Waals surface area contributed by atoms with Crippen LogP contribution in [0.25, 0.3) is 10.4 Å². The quantitative estimate of drug-likeness (QED) is 0.691. The second-order valence-corrected chi connectivity index (χ2v) is 10.7. The number of fused-ring (bicyclic) bond motifs is 3. The molecule has 1 aromatic carbocycles. The highest BCUT2D eigenvalue weighted by atomic mass is 32.2. The van der Waals surface area contributed by atoms with E-state index in [4.69, 9.17) is 0 Å². The molecule has 2 aromatic rings. The lowest BCUT2D eigenvalue weighted by Crippen LogP contribution is -2.62. The molecule has 3 aliphatic heterocycles.